The van der Waals surface area contributed by atoms with Gasteiger partial charge in [0.05, 0.1) is 0 Å². The molecule has 0 aliphatic carbocycles. The maximum absolute atomic E-state index is 3.46. The Hall–Kier alpha value is 0.137. The van der Waals surface area contributed by atoms with Gasteiger partial charge in [0.15, 0.2) is 0 Å². The standard InChI is InChI=1S/C7H20N2Si/c1-4-7(10,8-5-2)9-6-3/h8-9H,4-6H2,1-3,10H3. The van der Waals surface area contributed by atoms with Gasteiger partial charge in [-0.25, -0.2) is 0 Å². The highest BCUT2D eigenvalue weighted by Gasteiger charge is 2.16. The SMILES string of the molecule is CCNC([SiH3])(CC)NCC. The Balaban J connectivity index is 3.69. The smallest absolute Gasteiger partial charge is 0.0469 e. The molecule has 0 aliphatic rings. The predicted octanol–water partition coefficient (Wildman–Crippen LogP) is -0.365. The van der Waals surface area contributed by atoms with Crippen LogP contribution in [0.2, 0.25) is 0 Å². The average molecular weight is 160 g/mol. The molecular weight excluding hydrogens is 140 g/mol. The molecule has 0 saturated heterocycles. The van der Waals surface area contributed by atoms with Crippen molar-refractivity contribution in [3.8, 4) is 0 Å². The fraction of sp³-hybridized carbons (Fsp3) is 1.00. The molecule has 10 heavy (non-hydrogen) atoms. The highest BCUT2D eigenvalue weighted by Crippen LogP contribution is 1.98. The summed E-state index contributed by atoms with van der Waals surface area (Å²) in [7, 11) is 1.17. The van der Waals surface area contributed by atoms with E-state index in [0.717, 1.165) is 13.1 Å². The Morgan fingerprint density at radius 3 is 1.70 bits per heavy atom. The summed E-state index contributed by atoms with van der Waals surface area (Å²) >= 11 is 0. The van der Waals surface area contributed by atoms with Crippen molar-refractivity contribution in [2.75, 3.05) is 13.1 Å². The van der Waals surface area contributed by atoms with E-state index in [4.69, 9.17) is 0 Å². The molecule has 0 spiro atoms. The van der Waals surface area contributed by atoms with E-state index < -0.39 is 0 Å². The molecule has 0 fully saturated rings. The van der Waals surface area contributed by atoms with Gasteiger partial charge in [-0.2, -0.15) is 0 Å². The summed E-state index contributed by atoms with van der Waals surface area (Å²) in [5, 5.41) is 7.20. The number of nitrogens with one attached hydrogen (secondary N) is 2. The molecule has 0 radical (unpaired) electrons. The van der Waals surface area contributed by atoms with Crippen molar-refractivity contribution in [1.29, 1.82) is 0 Å². The summed E-state index contributed by atoms with van der Waals surface area (Å²) in [4.78, 5) is 0. The van der Waals surface area contributed by atoms with Gasteiger partial charge in [0, 0.05) is 15.5 Å². The van der Waals surface area contributed by atoms with Crippen LogP contribution in [0.15, 0.2) is 0 Å². The molecule has 0 saturated carbocycles. The molecule has 2 N–H and O–H groups in total. The minimum Gasteiger partial charge on any atom is -0.303 e. The molecular formula is C7H20N2Si. The van der Waals surface area contributed by atoms with Gasteiger partial charge in [-0.05, 0) is 19.5 Å². The molecule has 0 unspecified atom stereocenters. The molecule has 0 rings (SSSR count). The minimum atomic E-state index is 0.281. The summed E-state index contributed by atoms with van der Waals surface area (Å²) in [6, 6.07) is 0. The quantitative estimate of drug-likeness (QED) is 0.424. The Labute approximate surface area is 67.2 Å². The van der Waals surface area contributed by atoms with Crippen molar-refractivity contribution in [3.63, 3.8) is 0 Å². The second-order valence-electron chi connectivity index (χ2n) is 2.75. The average Bonchev–Trinajstić information content (AvgIpc) is 1.89. The van der Waals surface area contributed by atoms with Crippen LogP contribution in [0.5, 0.6) is 0 Å². The van der Waals surface area contributed by atoms with Crippen LogP contribution in [0, 0.1) is 0 Å². The highest BCUT2D eigenvalue weighted by molar-refractivity contribution is 6.14. The van der Waals surface area contributed by atoms with Crippen molar-refractivity contribution in [2.45, 2.75) is 32.5 Å². The largest absolute Gasteiger partial charge is 0.303 e. The van der Waals surface area contributed by atoms with Crippen LogP contribution in [-0.4, -0.2) is 28.6 Å². The normalized spacial score (nSPS) is 12.3. The first-order chi connectivity index (χ1) is 4.68. The van der Waals surface area contributed by atoms with Crippen molar-refractivity contribution in [2.24, 2.45) is 0 Å². The van der Waals surface area contributed by atoms with Gasteiger partial charge in [0.2, 0.25) is 0 Å². The van der Waals surface area contributed by atoms with E-state index in [1.165, 1.54) is 16.7 Å². The summed E-state index contributed by atoms with van der Waals surface area (Å²) < 4.78 is 0. The van der Waals surface area contributed by atoms with E-state index in [0.29, 0.717) is 0 Å². The molecule has 62 valence electrons. The van der Waals surface area contributed by atoms with Gasteiger partial charge in [0.1, 0.15) is 0 Å². The predicted molar refractivity (Wildman–Crippen MR) is 50.3 cm³/mol. The van der Waals surface area contributed by atoms with E-state index in [9.17, 15) is 0 Å². The maximum Gasteiger partial charge on any atom is 0.0469 e. The van der Waals surface area contributed by atoms with E-state index >= 15 is 0 Å². The fourth-order valence-corrected chi connectivity index (χ4v) is 1.80. The third-order valence-corrected chi connectivity index (χ3v) is 3.26. The number of hydrogen-bond acceptors (Lipinski definition) is 2. The van der Waals surface area contributed by atoms with E-state index in [1.54, 1.807) is 0 Å². The van der Waals surface area contributed by atoms with Crippen LogP contribution < -0.4 is 10.6 Å². The molecule has 2 nitrogen and oxygen atoms in total. The molecule has 0 aromatic carbocycles. The van der Waals surface area contributed by atoms with Crippen LogP contribution >= 0.6 is 0 Å². The van der Waals surface area contributed by atoms with Crippen molar-refractivity contribution < 1.29 is 0 Å². The zero-order chi connectivity index (χ0) is 8.04. The molecule has 0 atom stereocenters. The maximum atomic E-state index is 3.46. The van der Waals surface area contributed by atoms with Gasteiger partial charge in [-0.15, -0.1) is 0 Å². The second kappa shape index (κ2) is 4.88. The third kappa shape index (κ3) is 3.34. The molecule has 0 aromatic rings. The summed E-state index contributed by atoms with van der Waals surface area (Å²) in [6.45, 7) is 8.65. The lowest BCUT2D eigenvalue weighted by atomic mass is 10.3. The molecule has 3 heteroatoms. The molecule has 0 aliphatic heterocycles. The first kappa shape index (κ1) is 10.1. The van der Waals surface area contributed by atoms with E-state index in [2.05, 4.69) is 31.4 Å². The van der Waals surface area contributed by atoms with Gasteiger partial charge >= 0.3 is 0 Å². The van der Waals surface area contributed by atoms with Crippen LogP contribution in [0.3, 0.4) is 0 Å². The lowest BCUT2D eigenvalue weighted by Gasteiger charge is -2.30. The number of hydrogen-bond donors (Lipinski definition) is 2. The van der Waals surface area contributed by atoms with E-state index in [-0.39, 0.29) is 5.29 Å². The van der Waals surface area contributed by atoms with Crippen LogP contribution in [-0.2, 0) is 0 Å². The third-order valence-electron chi connectivity index (χ3n) is 1.84. The van der Waals surface area contributed by atoms with Crippen molar-refractivity contribution in [1.82, 2.24) is 10.6 Å². The molecule has 0 bridgehead atoms. The van der Waals surface area contributed by atoms with Crippen LogP contribution in [0.4, 0.5) is 0 Å². The first-order valence-electron chi connectivity index (χ1n) is 4.18. The Morgan fingerprint density at radius 2 is 1.50 bits per heavy atom. The minimum absolute atomic E-state index is 0.281. The molecule has 0 amide bonds. The summed E-state index contributed by atoms with van der Waals surface area (Å²) in [5.74, 6) is 0. The van der Waals surface area contributed by atoms with Gasteiger partial charge in [0.25, 0.3) is 0 Å². The fourth-order valence-electron chi connectivity index (χ4n) is 1.09. The lowest BCUT2D eigenvalue weighted by molar-refractivity contribution is 0.375. The van der Waals surface area contributed by atoms with Crippen LogP contribution in [0.1, 0.15) is 27.2 Å². The van der Waals surface area contributed by atoms with Crippen molar-refractivity contribution in [3.05, 3.63) is 0 Å². The van der Waals surface area contributed by atoms with Crippen molar-refractivity contribution >= 4 is 10.2 Å². The first-order valence-corrected chi connectivity index (χ1v) is 5.18. The Bertz CT molecular complexity index is 79.7. The Kier molecular flexibility index (Phi) is 4.94. The second-order valence-corrected chi connectivity index (χ2v) is 4.45. The molecule has 0 heterocycles. The Morgan fingerprint density at radius 1 is 1.10 bits per heavy atom. The van der Waals surface area contributed by atoms with E-state index in [1.807, 2.05) is 0 Å². The topological polar surface area (TPSA) is 24.1 Å². The zero-order valence-corrected chi connectivity index (χ0v) is 9.62. The summed E-state index contributed by atoms with van der Waals surface area (Å²) in [5.41, 5.74) is 0. The van der Waals surface area contributed by atoms with Gasteiger partial charge in [-0.1, -0.05) is 20.8 Å². The monoisotopic (exact) mass is 160 g/mol. The zero-order valence-electron chi connectivity index (χ0n) is 7.62. The van der Waals surface area contributed by atoms with Crippen LogP contribution in [0.25, 0.3) is 0 Å². The molecule has 0 aromatic heterocycles. The number of rotatable bonds is 5. The summed E-state index contributed by atoms with van der Waals surface area (Å²) in [6.07, 6.45) is 1.18. The highest BCUT2D eigenvalue weighted by atomic mass is 28.1. The van der Waals surface area contributed by atoms with Gasteiger partial charge < -0.3 is 10.6 Å². The lowest BCUT2D eigenvalue weighted by Crippen LogP contribution is -2.56. The van der Waals surface area contributed by atoms with Gasteiger partial charge in [-0.3, -0.25) is 0 Å².